The number of amides is 1. The molecule has 0 saturated carbocycles. The van der Waals surface area contributed by atoms with Crippen LogP contribution in [0.15, 0.2) is 48.5 Å². The van der Waals surface area contributed by atoms with E-state index in [1.807, 2.05) is 62.4 Å². The van der Waals surface area contributed by atoms with Gasteiger partial charge in [0.15, 0.2) is 0 Å². The van der Waals surface area contributed by atoms with E-state index >= 15 is 0 Å². The molecule has 27 heavy (non-hydrogen) atoms. The van der Waals surface area contributed by atoms with Gasteiger partial charge in [-0.25, -0.2) is 4.98 Å². The van der Waals surface area contributed by atoms with Crippen molar-refractivity contribution in [2.75, 3.05) is 20.3 Å². The van der Waals surface area contributed by atoms with Crippen molar-refractivity contribution in [3.63, 3.8) is 0 Å². The summed E-state index contributed by atoms with van der Waals surface area (Å²) in [5, 5.41) is 2.92. The molecule has 1 atom stereocenters. The van der Waals surface area contributed by atoms with Crippen LogP contribution in [-0.2, 0) is 16.1 Å². The Morgan fingerprint density at radius 2 is 1.93 bits per heavy atom. The average Bonchev–Trinajstić information content (AvgIpc) is 3.02. The van der Waals surface area contributed by atoms with Crippen LogP contribution in [0.2, 0.25) is 0 Å². The lowest BCUT2D eigenvalue weighted by atomic mass is 10.2. The number of imidazole rings is 1. The van der Waals surface area contributed by atoms with E-state index < -0.39 is 0 Å². The largest absolute Gasteiger partial charge is 0.492 e. The number of nitrogens with zero attached hydrogens (tertiary/aromatic N) is 2. The molecule has 0 fully saturated rings. The van der Waals surface area contributed by atoms with E-state index in [-0.39, 0.29) is 18.6 Å². The zero-order chi connectivity index (χ0) is 19.2. The van der Waals surface area contributed by atoms with E-state index in [0.29, 0.717) is 13.2 Å². The summed E-state index contributed by atoms with van der Waals surface area (Å²) >= 11 is 0. The molecule has 2 aromatic carbocycles. The topological polar surface area (TPSA) is 65.4 Å². The van der Waals surface area contributed by atoms with Crippen LogP contribution in [0.3, 0.4) is 0 Å². The zero-order valence-corrected chi connectivity index (χ0v) is 15.9. The van der Waals surface area contributed by atoms with Gasteiger partial charge < -0.3 is 19.4 Å². The van der Waals surface area contributed by atoms with Crippen LogP contribution in [0, 0.1) is 6.92 Å². The molecule has 1 heterocycles. The van der Waals surface area contributed by atoms with Gasteiger partial charge in [-0.15, -0.1) is 0 Å². The second-order valence-corrected chi connectivity index (χ2v) is 6.49. The van der Waals surface area contributed by atoms with Gasteiger partial charge in [0.1, 0.15) is 24.8 Å². The van der Waals surface area contributed by atoms with E-state index in [0.717, 1.165) is 22.6 Å². The molecule has 0 aliphatic heterocycles. The molecule has 3 aromatic rings. The summed E-state index contributed by atoms with van der Waals surface area (Å²) in [6, 6.07) is 15.7. The van der Waals surface area contributed by atoms with Gasteiger partial charge in [-0.05, 0) is 38.1 Å². The molecule has 0 aliphatic rings. The maximum atomic E-state index is 11.9. The van der Waals surface area contributed by atoms with Crippen LogP contribution in [-0.4, -0.2) is 35.8 Å². The Morgan fingerprint density at radius 3 is 2.67 bits per heavy atom. The molecule has 3 rings (SSSR count). The van der Waals surface area contributed by atoms with Crippen molar-refractivity contribution in [1.82, 2.24) is 14.9 Å². The second kappa shape index (κ2) is 8.68. The summed E-state index contributed by atoms with van der Waals surface area (Å²) in [4.78, 5) is 16.6. The highest BCUT2D eigenvalue weighted by Crippen LogP contribution is 2.21. The number of rotatable bonds is 8. The molecule has 0 aliphatic carbocycles. The number of hydrogen-bond acceptors (Lipinski definition) is 4. The molecule has 0 radical (unpaired) electrons. The summed E-state index contributed by atoms with van der Waals surface area (Å²) in [7, 11) is 1.50. The highest BCUT2D eigenvalue weighted by atomic mass is 16.5. The SMILES string of the molecule is COCC(=O)NC(C)c1nc2ccccc2n1CCOc1ccc(C)cc1. The predicted molar refractivity (Wildman–Crippen MR) is 105 cm³/mol. The lowest BCUT2D eigenvalue weighted by Crippen LogP contribution is -2.31. The molecular formula is C21H25N3O3. The molecular weight excluding hydrogens is 342 g/mol. The zero-order valence-electron chi connectivity index (χ0n) is 15.9. The van der Waals surface area contributed by atoms with Crippen LogP contribution in [0.4, 0.5) is 0 Å². The number of ether oxygens (including phenoxy) is 2. The molecule has 0 saturated heterocycles. The van der Waals surface area contributed by atoms with Crippen molar-refractivity contribution >= 4 is 16.9 Å². The van der Waals surface area contributed by atoms with Gasteiger partial charge in [-0.2, -0.15) is 0 Å². The first kappa shape index (κ1) is 18.9. The number of aromatic nitrogens is 2. The summed E-state index contributed by atoms with van der Waals surface area (Å²) in [5.41, 5.74) is 3.12. The number of aryl methyl sites for hydroxylation is 1. The van der Waals surface area contributed by atoms with Crippen molar-refractivity contribution in [2.24, 2.45) is 0 Å². The minimum atomic E-state index is -0.237. The summed E-state index contributed by atoms with van der Waals surface area (Å²) in [6.45, 7) is 5.14. The third-order valence-corrected chi connectivity index (χ3v) is 4.33. The monoisotopic (exact) mass is 367 g/mol. The Hall–Kier alpha value is -2.86. The smallest absolute Gasteiger partial charge is 0.246 e. The van der Waals surface area contributed by atoms with E-state index in [2.05, 4.69) is 9.88 Å². The first-order valence-corrected chi connectivity index (χ1v) is 9.01. The fourth-order valence-corrected chi connectivity index (χ4v) is 3.03. The van der Waals surface area contributed by atoms with Crippen LogP contribution >= 0.6 is 0 Å². The van der Waals surface area contributed by atoms with Crippen molar-refractivity contribution in [3.05, 3.63) is 59.9 Å². The molecule has 1 aromatic heterocycles. The Balaban J connectivity index is 1.77. The predicted octanol–water partition coefficient (Wildman–Crippen LogP) is 3.25. The van der Waals surface area contributed by atoms with Crippen molar-refractivity contribution in [3.8, 4) is 5.75 Å². The normalized spacial score (nSPS) is 12.1. The molecule has 142 valence electrons. The van der Waals surface area contributed by atoms with Crippen LogP contribution in [0.25, 0.3) is 11.0 Å². The van der Waals surface area contributed by atoms with Crippen LogP contribution in [0.1, 0.15) is 24.4 Å². The number of fused-ring (bicyclic) bond motifs is 1. The van der Waals surface area contributed by atoms with E-state index in [1.165, 1.54) is 12.7 Å². The number of carbonyl (C=O) groups excluding carboxylic acids is 1. The van der Waals surface area contributed by atoms with Crippen LogP contribution in [0.5, 0.6) is 5.75 Å². The van der Waals surface area contributed by atoms with Crippen molar-refractivity contribution in [1.29, 1.82) is 0 Å². The summed E-state index contributed by atoms with van der Waals surface area (Å²) in [6.07, 6.45) is 0. The van der Waals surface area contributed by atoms with Gasteiger partial charge in [-0.3, -0.25) is 4.79 Å². The van der Waals surface area contributed by atoms with E-state index in [1.54, 1.807) is 0 Å². The Labute approximate surface area is 159 Å². The van der Waals surface area contributed by atoms with Crippen molar-refractivity contribution < 1.29 is 14.3 Å². The second-order valence-electron chi connectivity index (χ2n) is 6.49. The molecule has 1 N–H and O–H groups in total. The minimum absolute atomic E-state index is 0.0289. The summed E-state index contributed by atoms with van der Waals surface area (Å²) in [5.74, 6) is 1.47. The quantitative estimate of drug-likeness (QED) is 0.664. The van der Waals surface area contributed by atoms with Crippen LogP contribution < -0.4 is 10.1 Å². The standard InChI is InChI=1S/C21H25N3O3/c1-15-8-10-17(11-9-15)27-13-12-24-19-7-5-4-6-18(19)23-21(24)16(2)22-20(25)14-26-3/h4-11,16H,12-14H2,1-3H3,(H,22,25). The lowest BCUT2D eigenvalue weighted by molar-refractivity contribution is -0.125. The summed E-state index contributed by atoms with van der Waals surface area (Å²) < 4.78 is 12.9. The minimum Gasteiger partial charge on any atom is -0.492 e. The van der Waals surface area contributed by atoms with Gasteiger partial charge in [0.2, 0.25) is 5.91 Å². The highest BCUT2D eigenvalue weighted by molar-refractivity contribution is 5.78. The Morgan fingerprint density at radius 1 is 1.19 bits per heavy atom. The Kier molecular flexibility index (Phi) is 6.08. The number of nitrogens with one attached hydrogen (secondary N) is 1. The molecule has 0 spiro atoms. The first-order chi connectivity index (χ1) is 13.1. The van der Waals surface area contributed by atoms with Gasteiger partial charge in [0, 0.05) is 7.11 Å². The van der Waals surface area contributed by atoms with E-state index in [9.17, 15) is 4.79 Å². The van der Waals surface area contributed by atoms with Gasteiger partial charge in [0.05, 0.1) is 23.6 Å². The average molecular weight is 367 g/mol. The molecule has 6 nitrogen and oxygen atoms in total. The van der Waals surface area contributed by atoms with Crippen molar-refractivity contribution in [2.45, 2.75) is 26.4 Å². The maximum absolute atomic E-state index is 11.9. The van der Waals surface area contributed by atoms with E-state index in [4.69, 9.17) is 14.5 Å². The third-order valence-electron chi connectivity index (χ3n) is 4.33. The molecule has 1 amide bonds. The number of para-hydroxylation sites is 2. The molecule has 0 bridgehead atoms. The first-order valence-electron chi connectivity index (χ1n) is 9.01. The number of hydrogen-bond donors (Lipinski definition) is 1. The van der Waals surface area contributed by atoms with Gasteiger partial charge in [-0.1, -0.05) is 29.8 Å². The number of benzene rings is 2. The van der Waals surface area contributed by atoms with Gasteiger partial charge in [0.25, 0.3) is 0 Å². The fourth-order valence-electron chi connectivity index (χ4n) is 3.03. The fraction of sp³-hybridized carbons (Fsp3) is 0.333. The Bertz CT molecular complexity index is 903. The van der Waals surface area contributed by atoms with Gasteiger partial charge >= 0.3 is 0 Å². The maximum Gasteiger partial charge on any atom is 0.246 e. The lowest BCUT2D eigenvalue weighted by Gasteiger charge is -2.16. The number of carbonyl (C=O) groups is 1. The third kappa shape index (κ3) is 4.65. The highest BCUT2D eigenvalue weighted by Gasteiger charge is 2.18. The molecule has 6 heteroatoms. The molecule has 1 unspecified atom stereocenters. The number of methoxy groups -OCH3 is 1.